The summed E-state index contributed by atoms with van der Waals surface area (Å²) in [5, 5.41) is 12.9. The largest absolute Gasteiger partial charge is 0.434 e. The van der Waals surface area contributed by atoms with Crippen molar-refractivity contribution < 1.29 is 18.6 Å². The summed E-state index contributed by atoms with van der Waals surface area (Å²) >= 11 is 5.91. The van der Waals surface area contributed by atoms with Crippen molar-refractivity contribution in [2.24, 2.45) is 5.41 Å². The van der Waals surface area contributed by atoms with Crippen molar-refractivity contribution in [1.82, 2.24) is 5.32 Å². The summed E-state index contributed by atoms with van der Waals surface area (Å²) in [6.45, 7) is 3.68. The Morgan fingerprint density at radius 2 is 2.00 bits per heavy atom. The maximum atomic E-state index is 12.4. The lowest BCUT2D eigenvalue weighted by Gasteiger charge is -2.31. The van der Waals surface area contributed by atoms with E-state index in [9.17, 15) is 8.78 Å². The molecule has 0 amide bonds. The van der Waals surface area contributed by atoms with Gasteiger partial charge in [0.2, 0.25) is 0 Å². The van der Waals surface area contributed by atoms with E-state index in [1.165, 1.54) is 12.1 Å². The van der Waals surface area contributed by atoms with Crippen molar-refractivity contribution in [3.63, 3.8) is 0 Å². The van der Waals surface area contributed by atoms with E-state index in [1.54, 1.807) is 6.07 Å². The third-order valence-corrected chi connectivity index (χ3v) is 3.48. The van der Waals surface area contributed by atoms with Crippen molar-refractivity contribution in [2.45, 2.75) is 46.4 Å². The van der Waals surface area contributed by atoms with Crippen LogP contribution < -0.4 is 10.1 Å². The van der Waals surface area contributed by atoms with Crippen molar-refractivity contribution in [1.29, 1.82) is 0 Å². The van der Waals surface area contributed by atoms with E-state index in [2.05, 4.69) is 30.8 Å². The molecule has 1 aromatic rings. The van der Waals surface area contributed by atoms with Gasteiger partial charge in [0, 0.05) is 29.8 Å². The highest BCUT2D eigenvalue weighted by atomic mass is 35.5. The fourth-order valence-electron chi connectivity index (χ4n) is 2.10. The van der Waals surface area contributed by atoms with Crippen LogP contribution in [0.5, 0.6) is 5.75 Å². The van der Waals surface area contributed by atoms with Crippen LogP contribution >= 0.6 is 11.6 Å². The van der Waals surface area contributed by atoms with E-state index in [0.29, 0.717) is 23.6 Å². The molecule has 1 rings (SSSR count). The highest BCUT2D eigenvalue weighted by molar-refractivity contribution is 6.30. The second-order valence-electron chi connectivity index (χ2n) is 5.94. The topological polar surface area (TPSA) is 41.5 Å². The second kappa shape index (κ2) is 7.92. The van der Waals surface area contributed by atoms with Gasteiger partial charge in [0.1, 0.15) is 5.75 Å². The van der Waals surface area contributed by atoms with Crippen molar-refractivity contribution in [3.05, 3.63) is 28.8 Å². The number of hydrogen-bond acceptors (Lipinski definition) is 3. The second-order valence-corrected chi connectivity index (χ2v) is 6.38. The van der Waals surface area contributed by atoms with Crippen LogP contribution in [0.3, 0.4) is 0 Å². The van der Waals surface area contributed by atoms with E-state index >= 15 is 0 Å². The van der Waals surface area contributed by atoms with Crippen molar-refractivity contribution in [3.8, 4) is 5.75 Å². The molecule has 6 heteroatoms. The van der Waals surface area contributed by atoms with Gasteiger partial charge in [-0.2, -0.15) is 8.78 Å². The SMILES string of the molecule is CC(C)(C)C(CCO)NCc1cc(Cl)ccc1OC(F)F. The lowest BCUT2D eigenvalue weighted by atomic mass is 9.85. The number of hydrogen-bond donors (Lipinski definition) is 2. The maximum absolute atomic E-state index is 12.4. The van der Waals surface area contributed by atoms with E-state index < -0.39 is 6.61 Å². The van der Waals surface area contributed by atoms with Gasteiger partial charge >= 0.3 is 6.61 Å². The Morgan fingerprint density at radius 1 is 1.33 bits per heavy atom. The fraction of sp³-hybridized carbons (Fsp3) is 0.600. The number of nitrogens with one attached hydrogen (secondary N) is 1. The predicted octanol–water partition coefficient (Wildman–Crippen LogP) is 3.83. The Balaban J connectivity index is 2.83. The van der Waals surface area contributed by atoms with Crippen LogP contribution in [-0.2, 0) is 6.54 Å². The van der Waals surface area contributed by atoms with Crippen LogP contribution in [0.25, 0.3) is 0 Å². The molecule has 0 aromatic heterocycles. The van der Waals surface area contributed by atoms with E-state index in [4.69, 9.17) is 16.7 Å². The van der Waals surface area contributed by atoms with E-state index in [0.717, 1.165) is 0 Å². The molecule has 0 fully saturated rings. The smallest absolute Gasteiger partial charge is 0.387 e. The lowest BCUT2D eigenvalue weighted by molar-refractivity contribution is -0.0505. The molecule has 0 aliphatic heterocycles. The first kappa shape index (κ1) is 18.1. The molecule has 0 aliphatic carbocycles. The third kappa shape index (κ3) is 6.16. The average molecular weight is 322 g/mol. The molecule has 0 bridgehead atoms. The summed E-state index contributed by atoms with van der Waals surface area (Å²) in [6.07, 6.45) is 0.578. The molecular formula is C15H22ClF2NO2. The number of benzene rings is 1. The van der Waals surface area contributed by atoms with Gasteiger partial charge in [-0.3, -0.25) is 0 Å². The number of ether oxygens (including phenoxy) is 1. The molecule has 0 saturated carbocycles. The molecule has 0 saturated heterocycles. The van der Waals surface area contributed by atoms with Crippen LogP contribution in [0.15, 0.2) is 18.2 Å². The Hall–Kier alpha value is -0.910. The molecule has 2 N–H and O–H groups in total. The lowest BCUT2D eigenvalue weighted by Crippen LogP contribution is -2.40. The summed E-state index contributed by atoms with van der Waals surface area (Å²) < 4.78 is 29.3. The highest BCUT2D eigenvalue weighted by Crippen LogP contribution is 2.26. The molecule has 21 heavy (non-hydrogen) atoms. The molecule has 1 atom stereocenters. The number of rotatable bonds is 7. The molecular weight excluding hydrogens is 300 g/mol. The summed E-state index contributed by atoms with van der Waals surface area (Å²) in [7, 11) is 0. The first-order valence-electron chi connectivity index (χ1n) is 6.81. The summed E-state index contributed by atoms with van der Waals surface area (Å²) in [6, 6.07) is 4.59. The first-order valence-corrected chi connectivity index (χ1v) is 7.19. The minimum atomic E-state index is -2.87. The Kier molecular flexibility index (Phi) is 6.84. The van der Waals surface area contributed by atoms with Crippen molar-refractivity contribution in [2.75, 3.05) is 6.61 Å². The Labute approximate surface area is 129 Å². The fourth-order valence-corrected chi connectivity index (χ4v) is 2.30. The summed E-state index contributed by atoms with van der Waals surface area (Å²) in [5.74, 6) is 0.110. The van der Waals surface area contributed by atoms with Crippen LogP contribution in [0.4, 0.5) is 8.78 Å². The zero-order valence-electron chi connectivity index (χ0n) is 12.5. The van der Waals surface area contributed by atoms with Crippen LogP contribution in [0.1, 0.15) is 32.8 Å². The number of aliphatic hydroxyl groups excluding tert-OH is 1. The standard InChI is InChI=1S/C15H22ClF2NO2/c1-15(2,3)13(6-7-20)19-9-10-8-11(16)4-5-12(10)21-14(17)18/h4-5,8,13-14,19-20H,6-7,9H2,1-3H3. The summed E-state index contributed by atoms with van der Waals surface area (Å²) in [5.41, 5.74) is 0.500. The highest BCUT2D eigenvalue weighted by Gasteiger charge is 2.24. The third-order valence-electron chi connectivity index (χ3n) is 3.24. The van der Waals surface area contributed by atoms with Gasteiger partial charge < -0.3 is 15.2 Å². The van der Waals surface area contributed by atoms with Gasteiger partial charge in [-0.15, -0.1) is 0 Å². The molecule has 1 aromatic carbocycles. The zero-order chi connectivity index (χ0) is 16.0. The molecule has 1 unspecified atom stereocenters. The van der Waals surface area contributed by atoms with Gasteiger partial charge in [-0.25, -0.2) is 0 Å². The van der Waals surface area contributed by atoms with Crippen LogP contribution in [0, 0.1) is 5.41 Å². The minimum Gasteiger partial charge on any atom is -0.434 e. The molecule has 0 heterocycles. The minimum absolute atomic E-state index is 0.0425. The van der Waals surface area contributed by atoms with Crippen LogP contribution in [-0.4, -0.2) is 24.4 Å². The Morgan fingerprint density at radius 3 is 2.52 bits per heavy atom. The van der Waals surface area contributed by atoms with E-state index in [-0.39, 0.29) is 23.8 Å². The quantitative estimate of drug-likeness (QED) is 0.802. The number of halogens is 3. The molecule has 0 radical (unpaired) electrons. The first-order chi connectivity index (χ1) is 9.74. The van der Waals surface area contributed by atoms with Gasteiger partial charge in [-0.05, 0) is 30.0 Å². The Bertz CT molecular complexity index is 450. The normalized spacial score (nSPS) is 13.5. The molecule has 120 valence electrons. The van der Waals surface area contributed by atoms with E-state index in [1.807, 2.05) is 0 Å². The molecule has 0 spiro atoms. The van der Waals surface area contributed by atoms with Gasteiger partial charge in [0.15, 0.2) is 0 Å². The molecule has 3 nitrogen and oxygen atoms in total. The van der Waals surface area contributed by atoms with Gasteiger partial charge in [-0.1, -0.05) is 32.4 Å². The maximum Gasteiger partial charge on any atom is 0.387 e. The predicted molar refractivity (Wildman–Crippen MR) is 79.9 cm³/mol. The molecule has 0 aliphatic rings. The number of alkyl halides is 2. The zero-order valence-corrected chi connectivity index (χ0v) is 13.3. The average Bonchev–Trinajstić information content (AvgIpc) is 2.35. The number of aliphatic hydroxyl groups is 1. The van der Waals surface area contributed by atoms with Gasteiger partial charge in [0.25, 0.3) is 0 Å². The van der Waals surface area contributed by atoms with Crippen molar-refractivity contribution >= 4 is 11.6 Å². The van der Waals surface area contributed by atoms with Gasteiger partial charge in [0.05, 0.1) is 0 Å². The monoisotopic (exact) mass is 321 g/mol. The van der Waals surface area contributed by atoms with Crippen LogP contribution in [0.2, 0.25) is 5.02 Å². The summed E-state index contributed by atoms with van der Waals surface area (Å²) in [4.78, 5) is 0.